The fraction of sp³-hybridized carbons (Fsp3) is 0.500. The summed E-state index contributed by atoms with van der Waals surface area (Å²) in [6, 6.07) is 6.68. The molecule has 1 aromatic carbocycles. The lowest BCUT2D eigenvalue weighted by Gasteiger charge is -2.20. The molecular formula is C22H29N3O4. The number of methoxy groups -OCH3 is 2. The number of fused-ring (bicyclic) bond motifs is 1. The van der Waals surface area contributed by atoms with Crippen LogP contribution < -0.4 is 20.3 Å². The Balaban J connectivity index is 1.81. The summed E-state index contributed by atoms with van der Waals surface area (Å²) < 4.78 is 12.1. The van der Waals surface area contributed by atoms with Gasteiger partial charge in [0.1, 0.15) is 17.1 Å². The monoisotopic (exact) mass is 399 g/mol. The average Bonchev–Trinajstić information content (AvgIpc) is 2.97. The molecule has 1 N–H and O–H groups in total. The fourth-order valence-electron chi connectivity index (χ4n) is 3.73. The Morgan fingerprint density at radius 2 is 1.86 bits per heavy atom. The highest BCUT2D eigenvalue weighted by atomic mass is 16.5. The lowest BCUT2D eigenvalue weighted by Crippen LogP contribution is -2.41. The molecule has 0 aliphatic heterocycles. The summed E-state index contributed by atoms with van der Waals surface area (Å²) in [5.74, 6) is 0.586. The number of nitrogens with one attached hydrogen (secondary N) is 1. The highest BCUT2D eigenvalue weighted by molar-refractivity contribution is 5.99. The molecule has 7 heteroatoms. The van der Waals surface area contributed by atoms with Gasteiger partial charge in [-0.05, 0) is 49.8 Å². The maximum absolute atomic E-state index is 12.9. The van der Waals surface area contributed by atoms with E-state index < -0.39 is 0 Å². The van der Waals surface area contributed by atoms with Crippen molar-refractivity contribution in [3.8, 4) is 11.5 Å². The van der Waals surface area contributed by atoms with Crippen molar-refractivity contribution in [3.05, 3.63) is 51.4 Å². The first-order chi connectivity index (χ1) is 14.1. The van der Waals surface area contributed by atoms with Gasteiger partial charge < -0.3 is 14.8 Å². The number of carbonyl (C=O) groups excluding carboxylic acids is 1. The van der Waals surface area contributed by atoms with Crippen LogP contribution in [0.25, 0.3) is 0 Å². The second-order valence-corrected chi connectivity index (χ2v) is 7.31. The summed E-state index contributed by atoms with van der Waals surface area (Å²) in [7, 11) is 3.03. The van der Waals surface area contributed by atoms with Gasteiger partial charge in [-0.1, -0.05) is 19.4 Å². The van der Waals surface area contributed by atoms with E-state index in [0.29, 0.717) is 30.0 Å². The van der Waals surface area contributed by atoms with Gasteiger partial charge in [0.05, 0.1) is 26.5 Å². The number of hydrogen-bond donors (Lipinski definition) is 1. The number of aromatic nitrogens is 2. The summed E-state index contributed by atoms with van der Waals surface area (Å²) in [6.45, 7) is 2.30. The van der Waals surface area contributed by atoms with E-state index in [1.165, 1.54) is 25.3 Å². The van der Waals surface area contributed by atoms with Crippen molar-refractivity contribution >= 4 is 5.91 Å². The number of benzene rings is 1. The Morgan fingerprint density at radius 3 is 2.52 bits per heavy atom. The quantitative estimate of drug-likeness (QED) is 0.724. The van der Waals surface area contributed by atoms with E-state index in [2.05, 4.69) is 10.4 Å². The number of amides is 1. The third kappa shape index (κ3) is 4.78. The van der Waals surface area contributed by atoms with Crippen LogP contribution in [0.4, 0.5) is 0 Å². The van der Waals surface area contributed by atoms with Crippen LogP contribution in [0.5, 0.6) is 11.5 Å². The molecule has 0 saturated heterocycles. The van der Waals surface area contributed by atoms with Crippen molar-refractivity contribution in [2.24, 2.45) is 0 Å². The van der Waals surface area contributed by atoms with Crippen molar-refractivity contribution in [1.82, 2.24) is 15.1 Å². The van der Waals surface area contributed by atoms with Crippen LogP contribution in [0.1, 0.15) is 54.2 Å². The predicted octanol–water partition coefficient (Wildman–Crippen LogP) is 2.74. The van der Waals surface area contributed by atoms with Gasteiger partial charge in [0, 0.05) is 12.1 Å². The molecule has 1 aliphatic carbocycles. The Morgan fingerprint density at radius 1 is 1.17 bits per heavy atom. The normalized spacial score (nSPS) is 14.4. The van der Waals surface area contributed by atoms with E-state index in [-0.39, 0.29) is 17.5 Å². The number of rotatable bonds is 7. The minimum Gasteiger partial charge on any atom is -0.496 e. The Kier molecular flexibility index (Phi) is 6.90. The van der Waals surface area contributed by atoms with Gasteiger partial charge in [-0.2, -0.15) is 5.10 Å². The second kappa shape index (κ2) is 9.58. The van der Waals surface area contributed by atoms with Crippen molar-refractivity contribution in [3.63, 3.8) is 0 Å². The number of nitrogens with zero attached hydrogens (tertiary/aromatic N) is 2. The molecule has 0 saturated carbocycles. The molecule has 1 amide bonds. The zero-order chi connectivity index (χ0) is 20.8. The van der Waals surface area contributed by atoms with Gasteiger partial charge in [0.2, 0.25) is 0 Å². The summed E-state index contributed by atoms with van der Waals surface area (Å²) in [5, 5.41) is 7.61. The van der Waals surface area contributed by atoms with Gasteiger partial charge in [-0.3, -0.25) is 9.59 Å². The van der Waals surface area contributed by atoms with Crippen LogP contribution in [-0.2, 0) is 19.4 Å². The molecule has 7 nitrogen and oxygen atoms in total. The zero-order valence-corrected chi connectivity index (χ0v) is 17.4. The summed E-state index contributed by atoms with van der Waals surface area (Å²) in [5.41, 5.74) is 2.31. The van der Waals surface area contributed by atoms with Gasteiger partial charge in [-0.25, -0.2) is 4.68 Å². The lowest BCUT2D eigenvalue weighted by molar-refractivity contribution is 0.0924. The van der Waals surface area contributed by atoms with Crippen molar-refractivity contribution in [2.75, 3.05) is 14.2 Å². The molecule has 2 aromatic rings. The van der Waals surface area contributed by atoms with Gasteiger partial charge in [-0.15, -0.1) is 0 Å². The molecule has 1 heterocycles. The van der Waals surface area contributed by atoms with E-state index in [1.54, 1.807) is 24.3 Å². The van der Waals surface area contributed by atoms with Crippen LogP contribution >= 0.6 is 0 Å². The van der Waals surface area contributed by atoms with Crippen molar-refractivity contribution in [1.29, 1.82) is 0 Å². The lowest BCUT2D eigenvalue weighted by atomic mass is 10.1. The molecule has 0 radical (unpaired) electrons. The van der Waals surface area contributed by atoms with Crippen LogP contribution in [-0.4, -0.2) is 35.9 Å². The van der Waals surface area contributed by atoms with Crippen LogP contribution in [0.2, 0.25) is 0 Å². The van der Waals surface area contributed by atoms with E-state index in [1.807, 2.05) is 6.92 Å². The summed E-state index contributed by atoms with van der Waals surface area (Å²) >= 11 is 0. The molecule has 3 rings (SSSR count). The first kappa shape index (κ1) is 20.9. The average molecular weight is 399 g/mol. The van der Waals surface area contributed by atoms with Gasteiger partial charge >= 0.3 is 0 Å². The van der Waals surface area contributed by atoms with Crippen LogP contribution in [0.3, 0.4) is 0 Å². The van der Waals surface area contributed by atoms with E-state index in [0.717, 1.165) is 36.9 Å². The van der Waals surface area contributed by atoms with E-state index >= 15 is 0 Å². The zero-order valence-electron chi connectivity index (χ0n) is 17.4. The highest BCUT2D eigenvalue weighted by Gasteiger charge is 2.22. The first-order valence-electron chi connectivity index (χ1n) is 10.2. The predicted molar refractivity (Wildman–Crippen MR) is 111 cm³/mol. The largest absolute Gasteiger partial charge is 0.496 e. The molecule has 1 atom stereocenters. The maximum atomic E-state index is 12.9. The highest BCUT2D eigenvalue weighted by Crippen LogP contribution is 2.28. The third-order valence-electron chi connectivity index (χ3n) is 5.40. The molecule has 29 heavy (non-hydrogen) atoms. The van der Waals surface area contributed by atoms with Crippen LogP contribution in [0, 0.1) is 0 Å². The topological polar surface area (TPSA) is 82.5 Å². The Labute approximate surface area is 171 Å². The molecule has 0 unspecified atom stereocenters. The molecular weight excluding hydrogens is 370 g/mol. The number of carbonyl (C=O) groups is 1. The molecule has 0 spiro atoms. The van der Waals surface area contributed by atoms with Crippen molar-refractivity contribution < 1.29 is 14.3 Å². The fourth-order valence-corrected chi connectivity index (χ4v) is 3.73. The second-order valence-electron chi connectivity index (χ2n) is 7.31. The minimum atomic E-state index is -0.297. The van der Waals surface area contributed by atoms with Crippen LogP contribution in [0.15, 0.2) is 29.1 Å². The first-order valence-corrected chi connectivity index (χ1v) is 10.2. The van der Waals surface area contributed by atoms with E-state index in [4.69, 9.17) is 9.47 Å². The summed E-state index contributed by atoms with van der Waals surface area (Å²) in [6.07, 6.45) is 5.84. The van der Waals surface area contributed by atoms with Crippen molar-refractivity contribution in [2.45, 2.75) is 58.0 Å². The van der Waals surface area contributed by atoms with E-state index in [9.17, 15) is 9.59 Å². The Hall–Kier alpha value is -2.83. The third-order valence-corrected chi connectivity index (χ3v) is 5.40. The number of hydrogen-bond acceptors (Lipinski definition) is 5. The Bertz CT molecular complexity index is 901. The number of aryl methyl sites for hydroxylation is 2. The van der Waals surface area contributed by atoms with Gasteiger partial charge in [0.15, 0.2) is 0 Å². The molecule has 0 fully saturated rings. The minimum absolute atomic E-state index is 0.117. The van der Waals surface area contributed by atoms with Gasteiger partial charge in [0.25, 0.3) is 11.5 Å². The molecule has 0 bridgehead atoms. The molecule has 1 aliphatic rings. The maximum Gasteiger partial charge on any atom is 0.267 e. The molecule has 1 aromatic heterocycles. The SMILES string of the molecule is CC[C@@H](Cn1nc2c(cc1=O)CCCCC2)NC(=O)c1c(OC)cccc1OC. The number of ether oxygens (including phenoxy) is 2. The summed E-state index contributed by atoms with van der Waals surface area (Å²) in [4.78, 5) is 25.5. The standard InChI is InChI=1S/C22H29N3O4/c1-4-16(23-22(27)21-18(28-2)11-8-12-19(21)29-3)14-25-20(26)13-15-9-6-5-7-10-17(15)24-25/h8,11-13,16H,4-7,9-10,14H2,1-3H3,(H,23,27)/t16-/m0/s1. The smallest absolute Gasteiger partial charge is 0.267 e. The molecule has 156 valence electrons.